The largest absolute Gasteiger partial charge is 0.497 e. The number of carbonyl (C=O) groups is 1. The van der Waals surface area contributed by atoms with Crippen LogP contribution in [0.3, 0.4) is 0 Å². The van der Waals surface area contributed by atoms with E-state index in [9.17, 15) is 13.2 Å². The lowest BCUT2D eigenvalue weighted by Crippen LogP contribution is -2.40. The molecule has 0 heterocycles. The predicted octanol–water partition coefficient (Wildman–Crippen LogP) is 2.12. The normalized spacial score (nSPS) is 12.1. The van der Waals surface area contributed by atoms with Crippen LogP contribution in [-0.4, -0.2) is 46.7 Å². The summed E-state index contributed by atoms with van der Waals surface area (Å²) in [5.41, 5.74) is 0.767. The van der Waals surface area contributed by atoms with Crippen LogP contribution in [0.2, 0.25) is 0 Å². The summed E-state index contributed by atoms with van der Waals surface area (Å²) in [6, 6.07) is 12.7. The Labute approximate surface area is 165 Å². The van der Waals surface area contributed by atoms with Crippen molar-refractivity contribution in [2.45, 2.75) is 17.9 Å². The summed E-state index contributed by atoms with van der Waals surface area (Å²) in [5, 5.41) is 7.94. The van der Waals surface area contributed by atoms with Crippen molar-refractivity contribution < 1.29 is 22.7 Å². The van der Waals surface area contributed by atoms with Gasteiger partial charge in [0.1, 0.15) is 18.1 Å². The maximum atomic E-state index is 12.3. The number of ether oxygens (including phenoxy) is 2. The van der Waals surface area contributed by atoms with Crippen LogP contribution in [0.15, 0.2) is 53.4 Å². The smallest absolute Gasteiger partial charge is 0.317 e. The van der Waals surface area contributed by atoms with E-state index >= 15 is 0 Å². The number of primary sulfonamides is 1. The van der Waals surface area contributed by atoms with E-state index in [1.165, 1.54) is 17.0 Å². The van der Waals surface area contributed by atoms with Crippen LogP contribution in [0.25, 0.3) is 0 Å². The summed E-state index contributed by atoms with van der Waals surface area (Å²) in [7, 11) is -0.469. The highest BCUT2D eigenvalue weighted by atomic mass is 32.2. The van der Waals surface area contributed by atoms with E-state index in [-0.39, 0.29) is 17.0 Å². The maximum absolute atomic E-state index is 12.3. The molecule has 0 saturated carbocycles. The average molecular weight is 407 g/mol. The fourth-order valence-electron chi connectivity index (χ4n) is 2.40. The third-order valence-corrected chi connectivity index (χ3v) is 5.08. The fraction of sp³-hybridized carbons (Fsp3) is 0.316. The molecule has 3 N–H and O–H groups in total. The van der Waals surface area contributed by atoms with Crippen molar-refractivity contribution in [2.75, 3.05) is 27.3 Å². The highest BCUT2D eigenvalue weighted by Gasteiger charge is 2.14. The molecule has 0 spiro atoms. The number of amides is 2. The number of sulfonamides is 1. The molecule has 0 aliphatic heterocycles. The van der Waals surface area contributed by atoms with Gasteiger partial charge in [-0.25, -0.2) is 18.4 Å². The Balaban J connectivity index is 1.82. The lowest BCUT2D eigenvalue weighted by molar-refractivity contribution is 0.192. The minimum atomic E-state index is -3.74. The molecule has 0 saturated heterocycles. The van der Waals surface area contributed by atoms with Gasteiger partial charge in [0.05, 0.1) is 24.6 Å². The minimum absolute atomic E-state index is 0.0302. The molecular weight excluding hydrogens is 382 g/mol. The number of hydrogen-bond acceptors (Lipinski definition) is 5. The molecule has 0 aliphatic rings. The highest BCUT2D eigenvalue weighted by molar-refractivity contribution is 7.89. The maximum Gasteiger partial charge on any atom is 0.317 e. The number of likely N-dealkylation sites (N-methyl/N-ethyl adjacent to an activating group) is 1. The van der Waals surface area contributed by atoms with Gasteiger partial charge in [-0.3, -0.25) is 0 Å². The van der Waals surface area contributed by atoms with Crippen LogP contribution in [0.5, 0.6) is 11.5 Å². The number of nitrogens with zero attached hydrogens (tertiary/aromatic N) is 1. The van der Waals surface area contributed by atoms with Gasteiger partial charge in [-0.2, -0.15) is 0 Å². The Morgan fingerprint density at radius 2 is 1.68 bits per heavy atom. The first kappa shape index (κ1) is 21.5. The van der Waals surface area contributed by atoms with Crippen molar-refractivity contribution in [3.8, 4) is 11.5 Å². The zero-order chi connectivity index (χ0) is 20.7. The molecule has 2 aromatic rings. The lowest BCUT2D eigenvalue weighted by Gasteiger charge is -2.22. The summed E-state index contributed by atoms with van der Waals surface area (Å²) >= 11 is 0. The summed E-state index contributed by atoms with van der Waals surface area (Å²) in [4.78, 5) is 13.8. The lowest BCUT2D eigenvalue weighted by atomic mass is 10.1. The van der Waals surface area contributed by atoms with Gasteiger partial charge in [-0.05, 0) is 48.9 Å². The van der Waals surface area contributed by atoms with Crippen LogP contribution in [-0.2, 0) is 10.0 Å². The summed E-state index contributed by atoms with van der Waals surface area (Å²) in [6.07, 6.45) is 0. The van der Waals surface area contributed by atoms with Gasteiger partial charge in [0, 0.05) is 7.05 Å². The Kier molecular flexibility index (Phi) is 7.24. The highest BCUT2D eigenvalue weighted by Crippen LogP contribution is 2.17. The first-order valence-corrected chi connectivity index (χ1v) is 10.2. The second-order valence-corrected chi connectivity index (χ2v) is 7.79. The molecule has 0 bridgehead atoms. The van der Waals surface area contributed by atoms with Crippen LogP contribution in [0, 0.1) is 0 Å². The van der Waals surface area contributed by atoms with Gasteiger partial charge in [-0.1, -0.05) is 12.1 Å². The molecule has 9 heteroatoms. The van der Waals surface area contributed by atoms with E-state index < -0.39 is 10.0 Å². The van der Waals surface area contributed by atoms with Crippen molar-refractivity contribution in [1.29, 1.82) is 0 Å². The second kappa shape index (κ2) is 9.43. The topological polar surface area (TPSA) is 111 Å². The predicted molar refractivity (Wildman–Crippen MR) is 106 cm³/mol. The van der Waals surface area contributed by atoms with Gasteiger partial charge >= 0.3 is 6.03 Å². The Morgan fingerprint density at radius 3 is 2.21 bits per heavy atom. The van der Waals surface area contributed by atoms with E-state index in [1.54, 1.807) is 50.6 Å². The Hall–Kier alpha value is -2.78. The van der Waals surface area contributed by atoms with Crippen molar-refractivity contribution in [3.05, 3.63) is 54.1 Å². The minimum Gasteiger partial charge on any atom is -0.497 e. The van der Waals surface area contributed by atoms with E-state index in [0.717, 1.165) is 11.3 Å². The fourth-order valence-corrected chi connectivity index (χ4v) is 2.91. The Morgan fingerprint density at radius 1 is 1.11 bits per heavy atom. The van der Waals surface area contributed by atoms with Gasteiger partial charge in [0.15, 0.2) is 0 Å². The van der Waals surface area contributed by atoms with Gasteiger partial charge < -0.3 is 19.7 Å². The van der Waals surface area contributed by atoms with Crippen LogP contribution < -0.4 is 19.9 Å². The molecule has 2 amide bonds. The number of urea groups is 1. The number of rotatable bonds is 8. The number of benzene rings is 2. The van der Waals surface area contributed by atoms with Crippen LogP contribution in [0.4, 0.5) is 4.79 Å². The molecule has 0 unspecified atom stereocenters. The molecule has 2 aromatic carbocycles. The standard InChI is InChI=1S/C19H25N3O5S/c1-14(15-4-10-18(11-5-15)28(20,24)25)21-19(23)22(2)12-13-27-17-8-6-16(26-3)7-9-17/h4-11,14H,12-13H2,1-3H3,(H,21,23)(H2,20,24,25)/t14-/m0/s1. The van der Waals surface area contributed by atoms with Crippen LogP contribution >= 0.6 is 0 Å². The summed E-state index contributed by atoms with van der Waals surface area (Å²) in [5.74, 6) is 1.44. The van der Waals surface area contributed by atoms with Crippen molar-refractivity contribution in [3.63, 3.8) is 0 Å². The summed E-state index contributed by atoms with van der Waals surface area (Å²) < 4.78 is 33.3. The molecule has 8 nitrogen and oxygen atoms in total. The quantitative estimate of drug-likeness (QED) is 0.696. The first-order chi connectivity index (χ1) is 13.2. The number of nitrogens with two attached hydrogens (primary N) is 1. The van der Waals surface area contributed by atoms with Gasteiger partial charge in [0.25, 0.3) is 0 Å². The van der Waals surface area contributed by atoms with Gasteiger partial charge in [0.2, 0.25) is 10.0 Å². The molecule has 152 valence electrons. The number of hydrogen-bond donors (Lipinski definition) is 2. The second-order valence-electron chi connectivity index (χ2n) is 6.23. The van der Waals surface area contributed by atoms with E-state index in [2.05, 4.69) is 5.32 Å². The molecule has 28 heavy (non-hydrogen) atoms. The van der Waals surface area contributed by atoms with Crippen LogP contribution in [0.1, 0.15) is 18.5 Å². The summed E-state index contributed by atoms with van der Waals surface area (Å²) in [6.45, 7) is 2.55. The molecule has 1 atom stereocenters. The number of carbonyl (C=O) groups excluding carboxylic acids is 1. The first-order valence-electron chi connectivity index (χ1n) is 8.62. The van der Waals surface area contributed by atoms with Gasteiger partial charge in [-0.15, -0.1) is 0 Å². The monoisotopic (exact) mass is 407 g/mol. The zero-order valence-corrected chi connectivity index (χ0v) is 16.9. The third-order valence-electron chi connectivity index (χ3n) is 4.15. The third kappa shape index (κ3) is 6.14. The SMILES string of the molecule is COc1ccc(OCCN(C)C(=O)N[C@@H](C)c2ccc(S(N)(=O)=O)cc2)cc1. The number of nitrogens with one attached hydrogen (secondary N) is 1. The molecule has 0 radical (unpaired) electrons. The van der Waals surface area contributed by atoms with Crippen molar-refractivity contribution in [1.82, 2.24) is 10.2 Å². The molecule has 0 aromatic heterocycles. The molecule has 0 aliphatic carbocycles. The zero-order valence-electron chi connectivity index (χ0n) is 16.1. The van der Waals surface area contributed by atoms with E-state index in [0.29, 0.717) is 18.9 Å². The van der Waals surface area contributed by atoms with E-state index in [4.69, 9.17) is 14.6 Å². The van der Waals surface area contributed by atoms with Crippen molar-refractivity contribution >= 4 is 16.1 Å². The van der Waals surface area contributed by atoms with E-state index in [1.807, 2.05) is 6.92 Å². The Bertz CT molecular complexity index is 883. The molecule has 2 rings (SSSR count). The molecule has 0 fully saturated rings. The average Bonchev–Trinajstić information content (AvgIpc) is 2.67. The van der Waals surface area contributed by atoms with Crippen molar-refractivity contribution in [2.24, 2.45) is 5.14 Å². The number of methoxy groups -OCH3 is 1. The molecular formula is C19H25N3O5S.